The summed E-state index contributed by atoms with van der Waals surface area (Å²) in [4.78, 5) is 0.0171. The zero-order chi connectivity index (χ0) is 16.2. The minimum atomic E-state index is -3.70. The van der Waals surface area contributed by atoms with Crippen LogP contribution in [0.1, 0.15) is 5.56 Å². The molecule has 0 radical (unpaired) electrons. The molecule has 0 saturated heterocycles. The molecule has 22 heavy (non-hydrogen) atoms. The van der Waals surface area contributed by atoms with Crippen LogP contribution in [0.15, 0.2) is 47.4 Å². The van der Waals surface area contributed by atoms with E-state index >= 15 is 0 Å². The molecule has 0 atom stereocenters. The molecule has 2 aromatic rings. The molecule has 0 aromatic heterocycles. The highest BCUT2D eigenvalue weighted by Gasteiger charge is 2.18. The second kappa shape index (κ2) is 7.00. The van der Waals surface area contributed by atoms with Crippen molar-refractivity contribution in [3.63, 3.8) is 0 Å². The molecule has 118 valence electrons. The van der Waals surface area contributed by atoms with Crippen molar-refractivity contribution in [2.24, 2.45) is 0 Å². The summed E-state index contributed by atoms with van der Waals surface area (Å²) in [5.74, 6) is 1.21. The van der Waals surface area contributed by atoms with Gasteiger partial charge in [-0.15, -0.1) is 0 Å². The van der Waals surface area contributed by atoms with Crippen molar-refractivity contribution in [3.05, 3.63) is 53.1 Å². The van der Waals surface area contributed by atoms with Gasteiger partial charge in [-0.1, -0.05) is 23.7 Å². The number of hydrogen-bond acceptors (Lipinski definition) is 4. The maximum atomic E-state index is 12.3. The van der Waals surface area contributed by atoms with E-state index in [2.05, 4.69) is 4.72 Å². The van der Waals surface area contributed by atoms with E-state index in [9.17, 15) is 8.42 Å². The van der Waals surface area contributed by atoms with Gasteiger partial charge >= 0.3 is 0 Å². The molecule has 7 heteroatoms. The summed E-state index contributed by atoms with van der Waals surface area (Å²) in [5, 5.41) is 0.113. The van der Waals surface area contributed by atoms with Crippen LogP contribution in [0.3, 0.4) is 0 Å². The first kappa shape index (κ1) is 16.6. The van der Waals surface area contributed by atoms with Crippen molar-refractivity contribution in [1.82, 2.24) is 4.72 Å². The number of methoxy groups -OCH3 is 2. The lowest BCUT2D eigenvalue weighted by Gasteiger charge is -2.10. The number of benzene rings is 2. The standard InChI is InChI=1S/C15H16ClNO4S/c1-20-12-5-3-11(4-6-12)10-17-22(18,19)15-8-7-13(21-2)9-14(15)16/h3-9,17H,10H2,1-2H3. The molecule has 0 unspecified atom stereocenters. The van der Waals surface area contributed by atoms with Gasteiger partial charge in [0.2, 0.25) is 10.0 Å². The van der Waals surface area contributed by atoms with Crippen LogP contribution < -0.4 is 14.2 Å². The van der Waals surface area contributed by atoms with Crippen molar-refractivity contribution in [3.8, 4) is 11.5 Å². The van der Waals surface area contributed by atoms with Crippen LogP contribution in [0.25, 0.3) is 0 Å². The van der Waals surface area contributed by atoms with Gasteiger partial charge in [-0.3, -0.25) is 0 Å². The Hall–Kier alpha value is -1.76. The van der Waals surface area contributed by atoms with E-state index in [-0.39, 0.29) is 16.5 Å². The van der Waals surface area contributed by atoms with Gasteiger partial charge in [0.25, 0.3) is 0 Å². The first-order valence-electron chi connectivity index (χ1n) is 6.42. The molecule has 0 saturated carbocycles. The van der Waals surface area contributed by atoms with E-state index in [1.165, 1.54) is 19.2 Å². The third-order valence-corrected chi connectivity index (χ3v) is 4.94. The molecule has 0 aliphatic carbocycles. The van der Waals surface area contributed by atoms with E-state index in [1.54, 1.807) is 37.4 Å². The Kier molecular flexibility index (Phi) is 5.28. The quantitative estimate of drug-likeness (QED) is 0.877. The third-order valence-electron chi connectivity index (χ3n) is 3.05. The van der Waals surface area contributed by atoms with E-state index in [0.29, 0.717) is 11.5 Å². The van der Waals surface area contributed by atoms with Gasteiger partial charge in [-0.25, -0.2) is 13.1 Å². The number of nitrogens with one attached hydrogen (secondary N) is 1. The topological polar surface area (TPSA) is 64.6 Å². The normalized spacial score (nSPS) is 11.2. The Morgan fingerprint density at radius 3 is 2.14 bits per heavy atom. The van der Waals surface area contributed by atoms with Crippen molar-refractivity contribution in [2.75, 3.05) is 14.2 Å². The van der Waals surface area contributed by atoms with E-state index < -0.39 is 10.0 Å². The fourth-order valence-corrected chi connectivity index (χ4v) is 3.38. The number of ether oxygens (including phenoxy) is 2. The fourth-order valence-electron chi connectivity index (χ4n) is 1.83. The molecule has 0 heterocycles. The molecule has 0 spiro atoms. The van der Waals surface area contributed by atoms with E-state index in [4.69, 9.17) is 21.1 Å². The molecule has 0 amide bonds. The summed E-state index contributed by atoms with van der Waals surface area (Å²) < 4.78 is 37.1. The molecular weight excluding hydrogens is 326 g/mol. The maximum Gasteiger partial charge on any atom is 0.242 e. The minimum Gasteiger partial charge on any atom is -0.497 e. The zero-order valence-electron chi connectivity index (χ0n) is 12.2. The van der Waals surface area contributed by atoms with E-state index in [1.807, 2.05) is 0 Å². The smallest absolute Gasteiger partial charge is 0.242 e. The largest absolute Gasteiger partial charge is 0.497 e. The fraction of sp³-hybridized carbons (Fsp3) is 0.200. The predicted octanol–water partition coefficient (Wildman–Crippen LogP) is 2.84. The SMILES string of the molecule is COc1ccc(CNS(=O)(=O)c2ccc(OC)cc2Cl)cc1. The maximum absolute atomic E-state index is 12.3. The van der Waals surface area contributed by atoms with Crippen LogP contribution in [0.2, 0.25) is 5.02 Å². The summed E-state index contributed by atoms with van der Waals surface area (Å²) in [5.41, 5.74) is 0.814. The molecule has 2 rings (SSSR count). The van der Waals surface area contributed by atoms with Crippen LogP contribution in [0.4, 0.5) is 0 Å². The molecule has 1 N–H and O–H groups in total. The van der Waals surface area contributed by atoms with Gasteiger partial charge in [0, 0.05) is 12.6 Å². The van der Waals surface area contributed by atoms with Crippen LogP contribution >= 0.6 is 11.6 Å². The molecular formula is C15H16ClNO4S. The van der Waals surface area contributed by atoms with Crippen LogP contribution in [-0.4, -0.2) is 22.6 Å². The molecule has 5 nitrogen and oxygen atoms in total. The first-order valence-corrected chi connectivity index (χ1v) is 8.28. The Morgan fingerprint density at radius 2 is 1.59 bits per heavy atom. The Bertz CT molecular complexity index is 745. The number of hydrogen-bond donors (Lipinski definition) is 1. The lowest BCUT2D eigenvalue weighted by Crippen LogP contribution is -2.23. The molecule has 0 bridgehead atoms. The third kappa shape index (κ3) is 3.91. The number of sulfonamides is 1. The lowest BCUT2D eigenvalue weighted by molar-refractivity contribution is 0.414. The Labute approximate surface area is 134 Å². The number of halogens is 1. The van der Waals surface area contributed by atoms with Crippen molar-refractivity contribution in [2.45, 2.75) is 11.4 Å². The summed E-state index contributed by atoms with van der Waals surface area (Å²) >= 11 is 6.00. The van der Waals surface area contributed by atoms with Gasteiger partial charge in [0.1, 0.15) is 16.4 Å². The first-order chi connectivity index (χ1) is 10.5. The van der Waals surface area contributed by atoms with Crippen molar-refractivity contribution in [1.29, 1.82) is 0 Å². The highest BCUT2D eigenvalue weighted by Crippen LogP contribution is 2.26. The summed E-state index contributed by atoms with van der Waals surface area (Å²) in [7, 11) is -0.638. The molecule has 0 fully saturated rings. The average molecular weight is 342 g/mol. The van der Waals surface area contributed by atoms with Gasteiger partial charge in [-0.2, -0.15) is 0 Å². The molecule has 0 aliphatic heterocycles. The van der Waals surface area contributed by atoms with Gasteiger partial charge in [0.15, 0.2) is 0 Å². The van der Waals surface area contributed by atoms with Crippen LogP contribution in [0.5, 0.6) is 11.5 Å². The predicted molar refractivity (Wildman–Crippen MR) is 85.0 cm³/mol. The van der Waals surface area contributed by atoms with Crippen LogP contribution in [0, 0.1) is 0 Å². The summed E-state index contributed by atoms with van der Waals surface area (Å²) in [6.45, 7) is 0.161. The second-order valence-electron chi connectivity index (χ2n) is 4.47. The monoisotopic (exact) mass is 341 g/mol. The zero-order valence-corrected chi connectivity index (χ0v) is 13.7. The highest BCUT2D eigenvalue weighted by molar-refractivity contribution is 7.89. The summed E-state index contributed by atoms with van der Waals surface area (Å²) in [6.07, 6.45) is 0. The van der Waals surface area contributed by atoms with Crippen LogP contribution in [-0.2, 0) is 16.6 Å². The van der Waals surface area contributed by atoms with Gasteiger partial charge < -0.3 is 9.47 Å². The Balaban J connectivity index is 2.13. The molecule has 2 aromatic carbocycles. The minimum absolute atomic E-state index is 0.0171. The van der Waals surface area contributed by atoms with E-state index in [0.717, 1.165) is 5.56 Å². The lowest BCUT2D eigenvalue weighted by atomic mass is 10.2. The average Bonchev–Trinajstić information content (AvgIpc) is 2.53. The highest BCUT2D eigenvalue weighted by atomic mass is 35.5. The number of rotatable bonds is 6. The molecule has 0 aliphatic rings. The Morgan fingerprint density at radius 1 is 1.00 bits per heavy atom. The van der Waals surface area contributed by atoms with Crippen molar-refractivity contribution >= 4 is 21.6 Å². The summed E-state index contributed by atoms with van der Waals surface area (Å²) in [6, 6.07) is 11.5. The van der Waals surface area contributed by atoms with Gasteiger partial charge in [-0.05, 0) is 29.8 Å². The van der Waals surface area contributed by atoms with Crippen molar-refractivity contribution < 1.29 is 17.9 Å². The second-order valence-corrected chi connectivity index (χ2v) is 6.61. The van der Waals surface area contributed by atoms with Gasteiger partial charge in [0.05, 0.1) is 19.2 Å².